The van der Waals surface area contributed by atoms with Gasteiger partial charge in [-0.2, -0.15) is 4.31 Å². The van der Waals surface area contributed by atoms with Crippen LogP contribution in [0.5, 0.6) is 0 Å². The maximum Gasteiger partial charge on any atom is 0.243 e. The van der Waals surface area contributed by atoms with Crippen LogP contribution in [0.3, 0.4) is 0 Å². The van der Waals surface area contributed by atoms with Gasteiger partial charge in [0.15, 0.2) is 0 Å². The van der Waals surface area contributed by atoms with E-state index in [0.717, 1.165) is 17.5 Å². The average Bonchev–Trinajstić information content (AvgIpc) is 2.71. The molecule has 162 valence electrons. The first-order valence-corrected chi connectivity index (χ1v) is 12.3. The van der Waals surface area contributed by atoms with Crippen molar-refractivity contribution in [2.75, 3.05) is 26.2 Å². The van der Waals surface area contributed by atoms with Gasteiger partial charge < -0.3 is 5.32 Å². The molecule has 2 aliphatic rings. The minimum atomic E-state index is -3.49. The van der Waals surface area contributed by atoms with E-state index >= 15 is 0 Å². The molecule has 3 rings (SSSR count). The summed E-state index contributed by atoms with van der Waals surface area (Å²) in [4.78, 5) is 15.2. The molecule has 1 saturated carbocycles. The van der Waals surface area contributed by atoms with Crippen molar-refractivity contribution >= 4 is 15.9 Å². The Morgan fingerprint density at radius 3 is 2.34 bits per heavy atom. The van der Waals surface area contributed by atoms with Crippen molar-refractivity contribution < 1.29 is 13.2 Å². The van der Waals surface area contributed by atoms with E-state index in [1.807, 2.05) is 26.8 Å². The highest BCUT2D eigenvalue weighted by molar-refractivity contribution is 7.89. The summed E-state index contributed by atoms with van der Waals surface area (Å²) in [5, 5.41) is 3.23. The third kappa shape index (κ3) is 5.01. The van der Waals surface area contributed by atoms with Crippen LogP contribution in [0.2, 0.25) is 0 Å². The minimum Gasteiger partial charge on any atom is -0.352 e. The number of aryl methyl sites for hydroxylation is 2. The zero-order chi connectivity index (χ0) is 21.2. The molecule has 1 amide bonds. The van der Waals surface area contributed by atoms with E-state index in [1.54, 1.807) is 16.4 Å². The normalized spacial score (nSPS) is 25.5. The standard InChI is InChI=1S/C22H35N3O3S/c1-16-9-10-20(15-18(16)3)29(27,28)25-13-11-24(12-14-25)19(4)22(26)23-21-8-6-5-7-17(21)2/h9-10,15,17,19,21H,5-8,11-14H2,1-4H3,(H,23,26)/t17-,19+,21+/m0/s1. The van der Waals surface area contributed by atoms with E-state index < -0.39 is 10.0 Å². The third-order valence-corrected chi connectivity index (χ3v) is 8.65. The number of hydrogen-bond donors (Lipinski definition) is 1. The van der Waals surface area contributed by atoms with Crippen LogP contribution in [0, 0.1) is 19.8 Å². The van der Waals surface area contributed by atoms with Gasteiger partial charge in [-0.3, -0.25) is 9.69 Å². The average molecular weight is 422 g/mol. The Hall–Kier alpha value is -1.44. The van der Waals surface area contributed by atoms with E-state index in [-0.39, 0.29) is 18.0 Å². The van der Waals surface area contributed by atoms with Crippen molar-refractivity contribution in [3.05, 3.63) is 29.3 Å². The molecule has 3 atom stereocenters. The molecule has 1 N–H and O–H groups in total. The first-order chi connectivity index (χ1) is 13.7. The molecule has 0 radical (unpaired) electrons. The summed E-state index contributed by atoms with van der Waals surface area (Å²) >= 11 is 0. The fraction of sp³-hybridized carbons (Fsp3) is 0.682. The van der Waals surface area contributed by atoms with Crippen LogP contribution in [-0.4, -0.2) is 61.8 Å². The molecular weight excluding hydrogens is 386 g/mol. The summed E-state index contributed by atoms with van der Waals surface area (Å²) in [6, 6.07) is 5.32. The van der Waals surface area contributed by atoms with Crippen LogP contribution >= 0.6 is 0 Å². The number of amides is 1. The Balaban J connectivity index is 1.57. The van der Waals surface area contributed by atoms with Crippen LogP contribution < -0.4 is 5.32 Å². The summed E-state index contributed by atoms with van der Waals surface area (Å²) in [5.74, 6) is 0.592. The number of carbonyl (C=O) groups excluding carboxylic acids is 1. The molecule has 0 aromatic heterocycles. The van der Waals surface area contributed by atoms with Crippen molar-refractivity contribution in [2.45, 2.75) is 70.4 Å². The SMILES string of the molecule is Cc1ccc(S(=O)(=O)N2CCN([C@H](C)C(=O)N[C@@H]3CCCC[C@@H]3C)CC2)cc1C. The zero-order valence-electron chi connectivity index (χ0n) is 18.1. The molecule has 2 fully saturated rings. The monoisotopic (exact) mass is 421 g/mol. The van der Waals surface area contributed by atoms with Crippen molar-refractivity contribution in [1.82, 2.24) is 14.5 Å². The molecule has 1 aromatic carbocycles. The molecule has 0 bridgehead atoms. The van der Waals surface area contributed by atoms with Gasteiger partial charge in [-0.05, 0) is 62.8 Å². The number of benzene rings is 1. The number of hydrogen-bond acceptors (Lipinski definition) is 4. The quantitative estimate of drug-likeness (QED) is 0.794. The van der Waals surface area contributed by atoms with Gasteiger partial charge in [0.1, 0.15) is 0 Å². The topological polar surface area (TPSA) is 69.7 Å². The smallest absolute Gasteiger partial charge is 0.243 e. The van der Waals surface area contributed by atoms with E-state index in [4.69, 9.17) is 0 Å². The summed E-state index contributed by atoms with van der Waals surface area (Å²) in [5.41, 5.74) is 2.06. The molecule has 1 aliphatic carbocycles. The summed E-state index contributed by atoms with van der Waals surface area (Å²) in [6.07, 6.45) is 4.66. The summed E-state index contributed by atoms with van der Waals surface area (Å²) in [6.45, 7) is 10.0. The highest BCUT2D eigenvalue weighted by Crippen LogP contribution is 2.24. The lowest BCUT2D eigenvalue weighted by molar-refractivity contribution is -0.127. The van der Waals surface area contributed by atoms with Crippen molar-refractivity contribution in [3.63, 3.8) is 0 Å². The number of carbonyl (C=O) groups is 1. The molecule has 7 heteroatoms. The maximum absolute atomic E-state index is 13.0. The van der Waals surface area contributed by atoms with Gasteiger partial charge in [0.05, 0.1) is 10.9 Å². The molecule has 29 heavy (non-hydrogen) atoms. The van der Waals surface area contributed by atoms with E-state index in [1.165, 1.54) is 19.3 Å². The number of sulfonamides is 1. The molecular formula is C22H35N3O3S. The van der Waals surface area contributed by atoms with Gasteiger partial charge >= 0.3 is 0 Å². The number of piperazine rings is 1. The number of nitrogens with one attached hydrogen (secondary N) is 1. The van der Waals surface area contributed by atoms with Gasteiger partial charge in [0.2, 0.25) is 15.9 Å². The third-order valence-electron chi connectivity index (χ3n) is 6.76. The van der Waals surface area contributed by atoms with E-state index in [9.17, 15) is 13.2 Å². The van der Waals surface area contributed by atoms with Crippen molar-refractivity contribution in [2.24, 2.45) is 5.92 Å². The fourth-order valence-electron chi connectivity index (χ4n) is 4.35. The largest absolute Gasteiger partial charge is 0.352 e. The molecule has 1 saturated heterocycles. The molecule has 6 nitrogen and oxygen atoms in total. The van der Waals surface area contributed by atoms with Crippen LogP contribution in [0.25, 0.3) is 0 Å². The Labute approximate surface area is 175 Å². The van der Waals surface area contributed by atoms with Gasteiger partial charge in [0, 0.05) is 32.2 Å². The molecule has 1 heterocycles. The van der Waals surface area contributed by atoms with Crippen molar-refractivity contribution in [1.29, 1.82) is 0 Å². The predicted octanol–water partition coefficient (Wildman–Crippen LogP) is 2.69. The first kappa shape index (κ1) is 22.2. The Morgan fingerprint density at radius 1 is 1.07 bits per heavy atom. The fourth-order valence-corrected chi connectivity index (χ4v) is 5.86. The lowest BCUT2D eigenvalue weighted by Gasteiger charge is -2.38. The highest BCUT2D eigenvalue weighted by atomic mass is 32.2. The maximum atomic E-state index is 13.0. The minimum absolute atomic E-state index is 0.0641. The molecule has 0 spiro atoms. The van der Waals surface area contributed by atoms with Crippen molar-refractivity contribution in [3.8, 4) is 0 Å². The Bertz CT molecular complexity index is 832. The lowest BCUT2D eigenvalue weighted by atomic mass is 9.86. The molecule has 1 aliphatic heterocycles. The van der Waals surface area contributed by atoms with Crippen LogP contribution in [0.15, 0.2) is 23.1 Å². The Kier molecular flexibility index (Phi) is 7.02. The van der Waals surface area contributed by atoms with Gasteiger partial charge in [-0.25, -0.2) is 8.42 Å². The lowest BCUT2D eigenvalue weighted by Crippen LogP contribution is -2.56. The van der Waals surface area contributed by atoms with E-state index in [0.29, 0.717) is 37.0 Å². The predicted molar refractivity (Wildman–Crippen MR) is 115 cm³/mol. The van der Waals surface area contributed by atoms with E-state index in [2.05, 4.69) is 17.1 Å². The van der Waals surface area contributed by atoms with Crippen LogP contribution in [0.4, 0.5) is 0 Å². The second-order valence-electron chi connectivity index (χ2n) is 8.74. The van der Waals surface area contributed by atoms with Gasteiger partial charge in [0.25, 0.3) is 0 Å². The van der Waals surface area contributed by atoms with Gasteiger partial charge in [-0.15, -0.1) is 0 Å². The first-order valence-electron chi connectivity index (χ1n) is 10.8. The molecule has 1 aromatic rings. The second kappa shape index (κ2) is 9.14. The summed E-state index contributed by atoms with van der Waals surface area (Å²) < 4.78 is 27.5. The van der Waals surface area contributed by atoms with Crippen LogP contribution in [0.1, 0.15) is 50.7 Å². The number of nitrogens with zero attached hydrogens (tertiary/aromatic N) is 2. The molecule has 0 unspecified atom stereocenters. The zero-order valence-corrected chi connectivity index (χ0v) is 19.0. The summed E-state index contributed by atoms with van der Waals surface area (Å²) in [7, 11) is -3.49. The van der Waals surface area contributed by atoms with Gasteiger partial charge in [-0.1, -0.05) is 25.8 Å². The van der Waals surface area contributed by atoms with Crippen LogP contribution in [-0.2, 0) is 14.8 Å². The number of rotatable bonds is 5. The Morgan fingerprint density at radius 2 is 1.72 bits per heavy atom. The second-order valence-corrected chi connectivity index (χ2v) is 10.7. The highest BCUT2D eigenvalue weighted by Gasteiger charge is 2.33.